The van der Waals surface area contributed by atoms with Crippen molar-refractivity contribution in [2.24, 2.45) is 0 Å². The Morgan fingerprint density at radius 3 is 2.44 bits per heavy atom. The number of halogens is 1. The Morgan fingerprint density at radius 2 is 1.84 bits per heavy atom. The molecule has 0 aromatic heterocycles. The van der Waals surface area contributed by atoms with Crippen LogP contribution in [0.25, 0.3) is 0 Å². The molecule has 8 heteroatoms. The molecule has 1 N–H and O–H groups in total. The third-order valence-electron chi connectivity index (χ3n) is 4.27. The molecule has 0 spiro atoms. The van der Waals surface area contributed by atoms with E-state index in [0.717, 1.165) is 5.56 Å². The van der Waals surface area contributed by atoms with Crippen LogP contribution in [-0.2, 0) is 25.0 Å². The molecule has 0 aliphatic carbocycles. The second kappa shape index (κ2) is 8.49. The zero-order valence-corrected chi connectivity index (χ0v) is 16.2. The molecule has 0 unspecified atom stereocenters. The summed E-state index contributed by atoms with van der Waals surface area (Å²) in [6, 6.07) is 7.40. The number of rotatable bonds is 7. The predicted octanol–water partition coefficient (Wildman–Crippen LogP) is 1.79. The highest BCUT2D eigenvalue weighted by Crippen LogP contribution is 2.27. The van der Waals surface area contributed by atoms with Crippen LogP contribution in [0.15, 0.2) is 24.3 Å². The summed E-state index contributed by atoms with van der Waals surface area (Å²) in [5.74, 6) is -0.266. The molecule has 1 saturated heterocycles. The number of morpholine rings is 1. The first kappa shape index (κ1) is 20.2. The lowest BCUT2D eigenvalue weighted by molar-refractivity contribution is -0.122. The van der Waals surface area contributed by atoms with Crippen molar-refractivity contribution in [3.63, 3.8) is 0 Å². The van der Waals surface area contributed by atoms with Crippen molar-refractivity contribution < 1.29 is 17.9 Å². The predicted molar refractivity (Wildman–Crippen MR) is 98.3 cm³/mol. The molecule has 140 valence electrons. The third-order valence-corrected chi connectivity index (χ3v) is 6.40. The van der Waals surface area contributed by atoms with Crippen molar-refractivity contribution in [2.75, 3.05) is 38.6 Å². The van der Waals surface area contributed by atoms with Gasteiger partial charge < -0.3 is 10.1 Å². The number of amides is 1. The van der Waals surface area contributed by atoms with Gasteiger partial charge in [0.2, 0.25) is 15.9 Å². The van der Waals surface area contributed by atoms with Crippen molar-refractivity contribution in [1.29, 1.82) is 0 Å². The maximum absolute atomic E-state index is 12.2. The van der Waals surface area contributed by atoms with Crippen molar-refractivity contribution in [3.05, 3.63) is 34.9 Å². The molecule has 1 heterocycles. The number of sulfonamides is 1. The molecule has 25 heavy (non-hydrogen) atoms. The molecule has 6 nitrogen and oxygen atoms in total. The monoisotopic (exact) mass is 388 g/mol. The van der Waals surface area contributed by atoms with Crippen LogP contribution in [0.5, 0.6) is 0 Å². The Labute approximate surface area is 154 Å². The van der Waals surface area contributed by atoms with E-state index in [2.05, 4.69) is 5.32 Å². The molecule has 0 radical (unpaired) electrons. The van der Waals surface area contributed by atoms with E-state index in [-0.39, 0.29) is 30.0 Å². The standard InChI is InChI=1S/C17H25ClN2O4S/c1-17(2,14-3-5-15(18)6-4-14)13-16(21)19-7-12-25(22,23)20-8-10-24-11-9-20/h3-6H,7-13H2,1-2H3,(H,19,21). The van der Waals surface area contributed by atoms with Gasteiger partial charge in [-0.1, -0.05) is 37.6 Å². The van der Waals surface area contributed by atoms with Crippen LogP contribution in [0.2, 0.25) is 5.02 Å². The molecule has 1 aliphatic rings. The number of nitrogens with one attached hydrogen (secondary N) is 1. The van der Waals surface area contributed by atoms with E-state index in [0.29, 0.717) is 31.3 Å². The Balaban J connectivity index is 1.82. The van der Waals surface area contributed by atoms with Gasteiger partial charge in [0.05, 0.1) is 19.0 Å². The van der Waals surface area contributed by atoms with E-state index in [1.165, 1.54) is 4.31 Å². The minimum absolute atomic E-state index is 0.0971. The normalized spacial score (nSPS) is 16.6. The molecule has 1 fully saturated rings. The van der Waals surface area contributed by atoms with Crippen LogP contribution in [0, 0.1) is 0 Å². The van der Waals surface area contributed by atoms with E-state index < -0.39 is 10.0 Å². The van der Waals surface area contributed by atoms with E-state index in [1.54, 1.807) is 12.1 Å². The summed E-state index contributed by atoms with van der Waals surface area (Å²) in [7, 11) is -3.36. The fourth-order valence-electron chi connectivity index (χ4n) is 2.74. The Morgan fingerprint density at radius 1 is 1.24 bits per heavy atom. The summed E-state index contributed by atoms with van der Waals surface area (Å²) in [4.78, 5) is 12.2. The minimum Gasteiger partial charge on any atom is -0.379 e. The van der Waals surface area contributed by atoms with Gasteiger partial charge >= 0.3 is 0 Å². The van der Waals surface area contributed by atoms with Crippen molar-refractivity contribution >= 4 is 27.5 Å². The topological polar surface area (TPSA) is 75.7 Å². The van der Waals surface area contributed by atoms with Gasteiger partial charge in [-0.05, 0) is 23.1 Å². The number of benzene rings is 1. The van der Waals surface area contributed by atoms with Crippen molar-refractivity contribution in [2.45, 2.75) is 25.7 Å². The lowest BCUT2D eigenvalue weighted by Crippen LogP contribution is -2.44. The molecule has 0 bridgehead atoms. The van der Waals surface area contributed by atoms with Gasteiger partial charge in [0.1, 0.15) is 0 Å². The summed E-state index contributed by atoms with van der Waals surface area (Å²) in [5.41, 5.74) is 0.644. The second-order valence-corrected chi connectivity index (χ2v) is 9.27. The fraction of sp³-hybridized carbons (Fsp3) is 0.588. The highest BCUT2D eigenvalue weighted by atomic mass is 35.5. The maximum Gasteiger partial charge on any atom is 0.220 e. The first-order valence-electron chi connectivity index (χ1n) is 8.29. The molecule has 1 aliphatic heterocycles. The smallest absolute Gasteiger partial charge is 0.220 e. The molecular formula is C17H25ClN2O4S. The summed E-state index contributed by atoms with van der Waals surface area (Å²) >= 11 is 5.89. The Kier molecular flexibility index (Phi) is 6.85. The van der Waals surface area contributed by atoms with Gasteiger partial charge in [-0.25, -0.2) is 8.42 Å². The van der Waals surface area contributed by atoms with Crippen LogP contribution >= 0.6 is 11.6 Å². The van der Waals surface area contributed by atoms with Crippen LogP contribution in [0.1, 0.15) is 25.8 Å². The lowest BCUT2D eigenvalue weighted by Gasteiger charge is -2.26. The first-order chi connectivity index (χ1) is 11.7. The van der Waals surface area contributed by atoms with Gasteiger partial charge in [-0.3, -0.25) is 4.79 Å². The van der Waals surface area contributed by atoms with Gasteiger partial charge in [0.25, 0.3) is 0 Å². The summed E-state index contributed by atoms with van der Waals surface area (Å²) in [6.45, 7) is 5.64. The Hall–Kier alpha value is -1.15. The zero-order valence-electron chi connectivity index (χ0n) is 14.6. The Bertz CT molecular complexity index is 683. The van der Waals surface area contributed by atoms with E-state index >= 15 is 0 Å². The van der Waals surface area contributed by atoms with E-state index in [4.69, 9.17) is 16.3 Å². The molecule has 2 rings (SSSR count). The summed E-state index contributed by atoms with van der Waals surface area (Å²) in [6.07, 6.45) is 0.270. The zero-order chi connectivity index (χ0) is 18.5. The molecular weight excluding hydrogens is 364 g/mol. The first-order valence-corrected chi connectivity index (χ1v) is 10.3. The van der Waals surface area contributed by atoms with Gasteiger partial charge in [0, 0.05) is 31.1 Å². The number of ether oxygens (including phenoxy) is 1. The average Bonchev–Trinajstić information content (AvgIpc) is 2.55. The van der Waals surface area contributed by atoms with Crippen molar-refractivity contribution in [1.82, 2.24) is 9.62 Å². The van der Waals surface area contributed by atoms with Gasteiger partial charge in [-0.15, -0.1) is 0 Å². The SMILES string of the molecule is CC(C)(CC(=O)NCCS(=O)(=O)N1CCOCC1)c1ccc(Cl)cc1. The van der Waals surface area contributed by atoms with Crippen LogP contribution in [-0.4, -0.2) is 57.2 Å². The van der Waals surface area contributed by atoms with Gasteiger partial charge in [0.15, 0.2) is 0 Å². The fourth-order valence-corrected chi connectivity index (χ4v) is 4.19. The van der Waals surface area contributed by atoms with Crippen LogP contribution in [0.3, 0.4) is 0 Å². The van der Waals surface area contributed by atoms with E-state index in [1.807, 2.05) is 26.0 Å². The minimum atomic E-state index is -3.36. The molecule has 1 aromatic rings. The molecule has 0 atom stereocenters. The largest absolute Gasteiger partial charge is 0.379 e. The quantitative estimate of drug-likeness (QED) is 0.772. The lowest BCUT2D eigenvalue weighted by atomic mass is 9.81. The summed E-state index contributed by atoms with van der Waals surface area (Å²) < 4.78 is 31.0. The molecule has 1 aromatic carbocycles. The number of hydrogen-bond acceptors (Lipinski definition) is 4. The van der Waals surface area contributed by atoms with Crippen LogP contribution < -0.4 is 5.32 Å². The number of nitrogens with zero attached hydrogens (tertiary/aromatic N) is 1. The molecule has 1 amide bonds. The maximum atomic E-state index is 12.2. The van der Waals surface area contributed by atoms with E-state index in [9.17, 15) is 13.2 Å². The van der Waals surface area contributed by atoms with Gasteiger partial charge in [-0.2, -0.15) is 4.31 Å². The highest BCUT2D eigenvalue weighted by Gasteiger charge is 2.26. The number of carbonyl (C=O) groups excluding carboxylic acids is 1. The molecule has 0 saturated carbocycles. The number of hydrogen-bond donors (Lipinski definition) is 1. The average molecular weight is 389 g/mol. The number of carbonyl (C=O) groups is 1. The van der Waals surface area contributed by atoms with Crippen LogP contribution in [0.4, 0.5) is 0 Å². The summed E-state index contributed by atoms with van der Waals surface area (Å²) in [5, 5.41) is 3.36. The van der Waals surface area contributed by atoms with Crippen molar-refractivity contribution in [3.8, 4) is 0 Å². The third kappa shape index (κ3) is 5.95. The highest BCUT2D eigenvalue weighted by molar-refractivity contribution is 7.89. The second-order valence-electron chi connectivity index (χ2n) is 6.74.